The summed E-state index contributed by atoms with van der Waals surface area (Å²) in [6.07, 6.45) is 14.1. The largest absolute Gasteiger partial charge is 0.349 e. The monoisotopic (exact) mass is 440 g/mol. The number of allylic oxidation sites excluding steroid dienone is 3. The summed E-state index contributed by atoms with van der Waals surface area (Å²) in [5.41, 5.74) is 1.72. The van der Waals surface area contributed by atoms with Crippen molar-refractivity contribution in [3.05, 3.63) is 59.3 Å². The van der Waals surface area contributed by atoms with Crippen LogP contribution in [0.25, 0.3) is 0 Å². The van der Waals surface area contributed by atoms with E-state index in [2.05, 4.69) is 23.3 Å². The number of halogens is 2. The van der Waals surface area contributed by atoms with Crippen molar-refractivity contribution in [2.24, 2.45) is 27.7 Å². The fraction of sp³-hybridized carbons (Fsp3) is 0.538. The van der Waals surface area contributed by atoms with Crippen LogP contribution in [0.4, 0.5) is 4.39 Å². The third-order valence-corrected chi connectivity index (χ3v) is 8.78. The number of carbonyl (C=O) groups is 1. The van der Waals surface area contributed by atoms with Crippen LogP contribution < -0.4 is 5.32 Å². The number of rotatable bonds is 3. The van der Waals surface area contributed by atoms with Gasteiger partial charge in [0, 0.05) is 34.0 Å². The Balaban J connectivity index is 1.23. The Hall–Kier alpha value is -1.94. The summed E-state index contributed by atoms with van der Waals surface area (Å²) < 4.78 is 14.2. The van der Waals surface area contributed by atoms with Crippen molar-refractivity contribution in [1.82, 2.24) is 5.32 Å². The predicted octanol–water partition coefficient (Wildman–Crippen LogP) is 6.30. The second-order valence-electron chi connectivity index (χ2n) is 10.1. The van der Waals surface area contributed by atoms with Gasteiger partial charge in [0.25, 0.3) is 5.91 Å². The Bertz CT molecular complexity index is 945. The molecule has 0 radical (unpaired) electrons. The molecule has 3 nitrogen and oxygen atoms in total. The van der Waals surface area contributed by atoms with E-state index in [0.29, 0.717) is 28.8 Å². The number of nitrogens with one attached hydrogen (secondary N) is 1. The fourth-order valence-electron chi connectivity index (χ4n) is 6.50. The molecule has 4 unspecified atom stereocenters. The molecule has 2 fully saturated rings. The van der Waals surface area contributed by atoms with Crippen LogP contribution >= 0.6 is 11.6 Å². The third kappa shape index (κ3) is 3.67. The molecule has 4 atom stereocenters. The highest BCUT2D eigenvalue weighted by molar-refractivity contribution is 6.30. The molecule has 1 aromatic carbocycles. The van der Waals surface area contributed by atoms with Crippen molar-refractivity contribution < 1.29 is 9.18 Å². The van der Waals surface area contributed by atoms with E-state index >= 15 is 0 Å². The van der Waals surface area contributed by atoms with Gasteiger partial charge in [0.05, 0.1) is 0 Å². The Morgan fingerprint density at radius 1 is 1.13 bits per heavy atom. The highest BCUT2D eigenvalue weighted by Gasteiger charge is 2.52. The van der Waals surface area contributed by atoms with Gasteiger partial charge in [-0.3, -0.25) is 9.79 Å². The Labute approximate surface area is 188 Å². The molecule has 2 saturated carbocycles. The van der Waals surface area contributed by atoms with E-state index in [4.69, 9.17) is 11.6 Å². The minimum atomic E-state index is -0.882. The van der Waals surface area contributed by atoms with E-state index in [1.54, 1.807) is 30.3 Å². The summed E-state index contributed by atoms with van der Waals surface area (Å²) >= 11 is 5.95. The first-order valence-electron chi connectivity index (χ1n) is 11.5. The van der Waals surface area contributed by atoms with Gasteiger partial charge in [-0.15, -0.1) is 0 Å². The summed E-state index contributed by atoms with van der Waals surface area (Å²) in [5.74, 6) is 0.876. The van der Waals surface area contributed by atoms with Crippen LogP contribution in [0.5, 0.6) is 0 Å². The Kier molecular flexibility index (Phi) is 5.32. The van der Waals surface area contributed by atoms with E-state index in [0.717, 1.165) is 37.8 Å². The molecule has 31 heavy (non-hydrogen) atoms. The van der Waals surface area contributed by atoms with Crippen LogP contribution in [-0.4, -0.2) is 23.8 Å². The lowest BCUT2D eigenvalue weighted by Crippen LogP contribution is -2.57. The third-order valence-electron chi connectivity index (χ3n) is 8.53. The molecule has 1 heterocycles. The van der Waals surface area contributed by atoms with Gasteiger partial charge in [0.2, 0.25) is 0 Å². The van der Waals surface area contributed by atoms with Crippen molar-refractivity contribution in [3.63, 3.8) is 0 Å². The zero-order valence-electron chi connectivity index (χ0n) is 18.0. The average molecular weight is 441 g/mol. The average Bonchev–Trinajstić information content (AvgIpc) is 2.76. The van der Waals surface area contributed by atoms with Crippen LogP contribution in [-0.2, 0) is 0 Å². The summed E-state index contributed by atoms with van der Waals surface area (Å²) in [7, 11) is 0. The molecule has 164 valence electrons. The molecular weight excluding hydrogens is 411 g/mol. The van der Waals surface area contributed by atoms with Crippen molar-refractivity contribution in [3.8, 4) is 0 Å². The number of aliphatic imine (C=N–C) groups is 1. The number of amides is 1. The molecule has 1 spiro atoms. The minimum absolute atomic E-state index is 0.00516. The Morgan fingerprint density at radius 2 is 1.84 bits per heavy atom. The molecule has 1 aliphatic heterocycles. The number of benzene rings is 1. The lowest BCUT2D eigenvalue weighted by molar-refractivity contribution is -0.00554. The summed E-state index contributed by atoms with van der Waals surface area (Å²) in [6, 6.07) is 7.34. The van der Waals surface area contributed by atoms with E-state index in [1.165, 1.54) is 6.42 Å². The first-order valence-corrected chi connectivity index (χ1v) is 11.9. The number of alkyl halides is 1. The molecule has 0 aromatic heterocycles. The number of carbonyl (C=O) groups excluding carboxylic acids is 1. The van der Waals surface area contributed by atoms with Gasteiger partial charge in [0.15, 0.2) is 0 Å². The number of hydrogen-bond donors (Lipinski definition) is 1. The molecule has 3 aliphatic carbocycles. The maximum Gasteiger partial charge on any atom is 0.251 e. The van der Waals surface area contributed by atoms with Crippen LogP contribution in [0.2, 0.25) is 5.02 Å². The van der Waals surface area contributed by atoms with Crippen molar-refractivity contribution in [2.75, 3.05) is 0 Å². The van der Waals surface area contributed by atoms with E-state index in [-0.39, 0.29) is 22.8 Å². The molecule has 0 saturated heterocycles. The maximum absolute atomic E-state index is 14.2. The molecule has 0 bridgehead atoms. The van der Waals surface area contributed by atoms with Gasteiger partial charge in [-0.1, -0.05) is 24.6 Å². The zero-order chi connectivity index (χ0) is 21.6. The summed E-state index contributed by atoms with van der Waals surface area (Å²) in [5, 5.41) is 3.93. The number of nitrogens with zero attached hydrogens (tertiary/aromatic N) is 1. The molecule has 5 rings (SSSR count). The number of fused-ring (bicyclic) bond motifs is 1. The van der Waals surface area contributed by atoms with E-state index in [9.17, 15) is 9.18 Å². The van der Waals surface area contributed by atoms with Gasteiger partial charge in [-0.25, -0.2) is 4.39 Å². The normalized spacial score (nSPS) is 38.9. The highest BCUT2D eigenvalue weighted by Crippen LogP contribution is 2.56. The minimum Gasteiger partial charge on any atom is -0.349 e. The lowest BCUT2D eigenvalue weighted by Gasteiger charge is -2.55. The predicted molar refractivity (Wildman–Crippen MR) is 123 cm³/mol. The van der Waals surface area contributed by atoms with Gasteiger partial charge >= 0.3 is 0 Å². The lowest BCUT2D eigenvalue weighted by atomic mass is 9.52. The van der Waals surface area contributed by atoms with Gasteiger partial charge < -0.3 is 5.32 Å². The Morgan fingerprint density at radius 3 is 2.52 bits per heavy atom. The number of hydrogen-bond acceptors (Lipinski definition) is 2. The molecule has 1 amide bonds. The molecular formula is C26H30ClFN2O. The topological polar surface area (TPSA) is 41.5 Å². The summed E-state index contributed by atoms with van der Waals surface area (Å²) in [4.78, 5) is 17.3. The van der Waals surface area contributed by atoms with Crippen molar-refractivity contribution >= 4 is 23.2 Å². The highest BCUT2D eigenvalue weighted by atomic mass is 35.5. The first-order chi connectivity index (χ1) is 14.9. The van der Waals surface area contributed by atoms with Gasteiger partial charge in [-0.05, 0) is 98.6 Å². The molecule has 4 aliphatic rings. The van der Waals surface area contributed by atoms with Crippen LogP contribution in [0.1, 0.15) is 62.2 Å². The van der Waals surface area contributed by atoms with Gasteiger partial charge in [-0.2, -0.15) is 0 Å². The second-order valence-corrected chi connectivity index (χ2v) is 10.6. The van der Waals surface area contributed by atoms with Crippen molar-refractivity contribution in [2.45, 2.75) is 64.1 Å². The fourth-order valence-corrected chi connectivity index (χ4v) is 6.63. The van der Waals surface area contributed by atoms with Crippen LogP contribution in [0, 0.1) is 22.7 Å². The molecule has 1 aromatic rings. The standard InChI is InChI=1S/C26H30ClFN2O/c1-25-16-20(28)6-7-22(25)29-15-11-21(25)17-8-12-26(13-9-17)14-10-23(26)30-24(31)18-2-4-19(27)5-3-18/h2-7,11,15,17,20-21,23H,8-10,12-14,16H2,1H3,(H,30,31). The quantitative estimate of drug-likeness (QED) is 0.588. The van der Waals surface area contributed by atoms with Crippen LogP contribution in [0.3, 0.4) is 0 Å². The second kappa shape index (κ2) is 7.88. The summed E-state index contributed by atoms with van der Waals surface area (Å²) in [6.45, 7) is 2.19. The first kappa shape index (κ1) is 20.9. The van der Waals surface area contributed by atoms with E-state index < -0.39 is 6.17 Å². The van der Waals surface area contributed by atoms with Crippen molar-refractivity contribution in [1.29, 1.82) is 0 Å². The maximum atomic E-state index is 14.2. The van der Waals surface area contributed by atoms with Crippen LogP contribution in [0.15, 0.2) is 53.7 Å². The smallest absolute Gasteiger partial charge is 0.251 e. The SMILES string of the molecule is CC12CC(F)C=CC1=NC=CC2C1CCC2(CC1)CCC2NC(=O)c1ccc(Cl)cc1. The van der Waals surface area contributed by atoms with E-state index in [1.807, 2.05) is 12.3 Å². The van der Waals surface area contributed by atoms with Gasteiger partial charge in [0.1, 0.15) is 6.17 Å². The molecule has 5 heteroatoms. The molecule has 1 N–H and O–H groups in total. The zero-order valence-corrected chi connectivity index (χ0v) is 18.7.